The van der Waals surface area contributed by atoms with Crippen LogP contribution in [0.15, 0.2) is 0 Å². The SMILES string of the molecule is O=C1N2CN3C(=O)N(CN4C(=O)N(CN5C(=O)N(CN6C(=O)N(CN7C(=O)N(CN8C(=O)N(CN9C(=O)N(CN%10C(=O)N(CN1[C@@H]1CCCC[C@H]12)[C@@H]1CCCC[C@H]1%10)[C@@H]1CCCC[C@H]19)[C@@H]1CCCC[C@H]18)[C@@H]1CCCC[C@H]17)[C@@H]1CCCC[C@H]16)[C@@H]1CCCC[C@H]15)[C@@H]1CCCC[C@H]14)[C@@H]1CCCC[C@H]13. The van der Waals surface area contributed by atoms with Crippen LogP contribution in [-0.2, 0) is 0 Å². The molecule has 0 aromatic rings. The van der Waals surface area contributed by atoms with Crippen molar-refractivity contribution in [2.75, 3.05) is 60.0 Å². The zero-order valence-electron chi connectivity index (χ0n) is 58.4. The largest absolute Gasteiger partial charge is 0.323 e. The summed E-state index contributed by atoms with van der Waals surface area (Å²) in [5, 5.41) is 0. The first-order chi connectivity index (χ1) is 48.4. The van der Waals surface area contributed by atoms with E-state index in [0.29, 0.717) is 0 Å². The minimum atomic E-state index is -0.136. The maximum atomic E-state index is 15.6. The van der Waals surface area contributed by atoms with Crippen molar-refractivity contribution in [3.8, 4) is 0 Å². The number of nitrogens with zero attached hydrogens (tertiary/aromatic N) is 18. The Hall–Kier alpha value is -6.57. The molecular weight excluding hydrogens is 1260 g/mol. The number of amides is 18. The Balaban J connectivity index is 0.659. The molecule has 10 heterocycles. The van der Waals surface area contributed by atoms with Gasteiger partial charge in [-0.1, -0.05) is 116 Å². The molecule has 0 N–H and O–H groups in total. The monoisotopic (exact) mass is 1370 g/mol. The average Bonchev–Trinajstić information content (AvgIpc) is 1.59. The molecule has 10 aliphatic heterocycles. The van der Waals surface area contributed by atoms with Gasteiger partial charge >= 0.3 is 54.3 Å². The van der Waals surface area contributed by atoms with Crippen LogP contribution in [0.3, 0.4) is 0 Å². The molecule has 27 nitrogen and oxygen atoms in total. The first-order valence-corrected chi connectivity index (χ1v) is 40.1. The van der Waals surface area contributed by atoms with E-state index in [1.807, 2.05) is 88.2 Å². The molecule has 18 atom stereocenters. The molecule has 0 spiro atoms. The predicted octanol–water partition coefficient (Wildman–Crippen LogP) is 9.06. The summed E-state index contributed by atoms with van der Waals surface area (Å²) in [6, 6.07) is -3.49. The van der Waals surface area contributed by atoms with Crippen LogP contribution in [0.2, 0.25) is 0 Å². The van der Waals surface area contributed by atoms with Gasteiger partial charge in [0.15, 0.2) is 0 Å². The highest BCUT2D eigenvalue weighted by atomic mass is 16.2. The molecule has 0 unspecified atom stereocenters. The number of carbonyl (C=O) groups excluding carboxylic acids is 9. The highest BCUT2D eigenvalue weighted by Gasteiger charge is 2.62. The standard InChI is InChI=1S/C72H108N18O9/c91-64-73-37-75-48-21-3-4-22-49(48)77(65(75)92)39-79-52-25-7-8-26-53(52)81(67(79)94)41-83-56-29-11-12-30-57(56)85(69(83)96)43-87-60-33-15-16-34-61(60)89(71(87)98)45-90-63-36-18-17-35-62(63)88(72(90)99)44-86-59-32-14-13-31-58(59)84(70(86)97)42-82-55-28-10-9-27-54(55)80(68(82)95)40-78-51-24-6-5-23-50(51)76(66(78)93)38-74(64)47-20-2-1-19-46(47)73/h46-63H,1-45H2/t46-,47-,48-,49-,50-,51-,52-,53-,54-,55-,56-,57-,58-,59-,60-,61-,62-,63-/m1/s1. The Kier molecular flexibility index (Phi) is 15.9. The predicted molar refractivity (Wildman–Crippen MR) is 360 cm³/mol. The Morgan fingerprint density at radius 3 is 0.242 bits per heavy atom. The van der Waals surface area contributed by atoms with Gasteiger partial charge < -0.3 is 88.2 Å². The molecule has 0 aromatic carbocycles. The lowest BCUT2D eigenvalue weighted by Crippen LogP contribution is -2.50. The minimum absolute atomic E-state index is 0.126. The maximum Gasteiger partial charge on any atom is 0.323 e. The minimum Gasteiger partial charge on any atom is -0.302 e. The molecule has 10 saturated heterocycles. The molecule has 540 valence electrons. The fraction of sp³-hybridized carbons (Fsp3) is 0.875. The molecule has 0 aromatic heterocycles. The molecule has 99 heavy (non-hydrogen) atoms. The summed E-state index contributed by atoms with van der Waals surface area (Å²) in [6.07, 6.45) is 32.0. The van der Waals surface area contributed by atoms with Crippen molar-refractivity contribution in [3.05, 3.63) is 0 Å². The second-order valence-corrected chi connectivity index (χ2v) is 34.0. The number of hydrogen-bond donors (Lipinski definition) is 0. The summed E-state index contributed by atoms with van der Waals surface area (Å²) >= 11 is 0. The average molecular weight is 1370 g/mol. The Morgan fingerprint density at radius 2 is 0.182 bits per heavy atom. The van der Waals surface area contributed by atoms with Gasteiger partial charge in [-0.05, 0) is 116 Å². The van der Waals surface area contributed by atoms with Gasteiger partial charge in [0, 0.05) is 0 Å². The Morgan fingerprint density at radius 1 is 0.121 bits per heavy atom. The van der Waals surface area contributed by atoms with Crippen molar-refractivity contribution in [1.29, 1.82) is 0 Å². The number of fused-ring (bicyclic) bond motifs is 45. The van der Waals surface area contributed by atoms with E-state index in [1.165, 1.54) is 0 Å². The van der Waals surface area contributed by atoms with E-state index in [1.54, 1.807) is 0 Å². The van der Waals surface area contributed by atoms with E-state index in [-0.39, 0.29) is 223 Å². The summed E-state index contributed by atoms with van der Waals surface area (Å²) in [6.45, 7) is 1.37. The van der Waals surface area contributed by atoms with Crippen LogP contribution in [0, 0.1) is 0 Å². The van der Waals surface area contributed by atoms with Gasteiger partial charge in [0.1, 0.15) is 0 Å². The summed E-state index contributed by atoms with van der Waals surface area (Å²) < 4.78 is 0. The normalized spacial score (nSPS) is 40.5. The van der Waals surface area contributed by atoms with Crippen LogP contribution >= 0.6 is 0 Å². The van der Waals surface area contributed by atoms with Crippen LogP contribution in [0.1, 0.15) is 231 Å². The van der Waals surface area contributed by atoms with Crippen LogP contribution in [-0.4, -0.2) is 311 Å². The third-order valence-electron chi connectivity index (χ3n) is 29.6. The second-order valence-electron chi connectivity index (χ2n) is 34.0. The number of hydrogen-bond acceptors (Lipinski definition) is 9. The molecule has 19 rings (SSSR count). The van der Waals surface area contributed by atoms with E-state index in [0.717, 1.165) is 231 Å². The van der Waals surface area contributed by atoms with Gasteiger partial charge in [-0.3, -0.25) is 0 Å². The van der Waals surface area contributed by atoms with Crippen molar-refractivity contribution in [2.45, 2.75) is 340 Å². The van der Waals surface area contributed by atoms with E-state index in [2.05, 4.69) is 0 Å². The second kappa shape index (κ2) is 24.9. The Labute approximate surface area is 583 Å². The van der Waals surface area contributed by atoms with E-state index >= 15 is 43.2 Å². The lowest BCUT2D eigenvalue weighted by Gasteiger charge is -2.37. The molecular formula is C72H108N18O9. The third kappa shape index (κ3) is 9.85. The lowest BCUT2D eigenvalue weighted by molar-refractivity contribution is 0.110. The zero-order valence-corrected chi connectivity index (χ0v) is 58.4. The van der Waals surface area contributed by atoms with Crippen molar-refractivity contribution < 1.29 is 43.2 Å². The van der Waals surface area contributed by atoms with Crippen LogP contribution in [0.5, 0.6) is 0 Å². The van der Waals surface area contributed by atoms with Crippen molar-refractivity contribution in [3.63, 3.8) is 0 Å². The van der Waals surface area contributed by atoms with E-state index < -0.39 is 0 Å². The van der Waals surface area contributed by atoms with Gasteiger partial charge in [-0.15, -0.1) is 0 Å². The van der Waals surface area contributed by atoms with Gasteiger partial charge in [0.05, 0.1) is 169 Å². The molecule has 18 bridgehead atoms. The van der Waals surface area contributed by atoms with Crippen molar-refractivity contribution in [2.24, 2.45) is 0 Å². The first kappa shape index (κ1) is 63.4. The van der Waals surface area contributed by atoms with E-state index in [9.17, 15) is 0 Å². The lowest BCUT2D eigenvalue weighted by atomic mass is 9.89. The van der Waals surface area contributed by atoms with Crippen molar-refractivity contribution >= 4 is 54.3 Å². The van der Waals surface area contributed by atoms with Gasteiger partial charge in [0.25, 0.3) is 0 Å². The summed E-state index contributed by atoms with van der Waals surface area (Å²) in [5.41, 5.74) is 0. The topological polar surface area (TPSA) is 212 Å². The quantitative estimate of drug-likeness (QED) is 0.226. The molecule has 27 heteroatoms. The molecule has 0 radical (unpaired) electrons. The molecule has 18 amide bonds. The molecule has 9 saturated carbocycles. The molecule has 19 fully saturated rings. The van der Waals surface area contributed by atoms with Crippen LogP contribution < -0.4 is 0 Å². The smallest absolute Gasteiger partial charge is 0.302 e. The highest BCUT2D eigenvalue weighted by molar-refractivity contribution is 5.87. The van der Waals surface area contributed by atoms with Gasteiger partial charge in [0.2, 0.25) is 0 Å². The van der Waals surface area contributed by atoms with Crippen LogP contribution in [0.4, 0.5) is 43.2 Å². The molecule has 9 aliphatic carbocycles. The highest BCUT2D eigenvalue weighted by Crippen LogP contribution is 2.48. The number of urea groups is 9. The van der Waals surface area contributed by atoms with Crippen molar-refractivity contribution in [1.82, 2.24) is 88.2 Å². The molecule has 19 aliphatic rings. The first-order valence-electron chi connectivity index (χ1n) is 40.1. The summed E-state index contributed by atoms with van der Waals surface area (Å²) in [7, 11) is 0. The Bertz CT molecular complexity index is 2420. The van der Waals surface area contributed by atoms with Gasteiger partial charge in [-0.25, -0.2) is 43.2 Å². The number of carbonyl (C=O) groups is 9. The fourth-order valence-corrected chi connectivity index (χ4v) is 24.9. The van der Waals surface area contributed by atoms with E-state index in [4.69, 9.17) is 0 Å². The summed E-state index contributed by atoms with van der Waals surface area (Å²) in [4.78, 5) is 176. The fourth-order valence-electron chi connectivity index (χ4n) is 24.9. The third-order valence-corrected chi connectivity index (χ3v) is 29.6. The van der Waals surface area contributed by atoms with Crippen LogP contribution in [0.25, 0.3) is 0 Å². The zero-order chi connectivity index (χ0) is 66.8. The summed E-state index contributed by atoms with van der Waals surface area (Å²) in [5.74, 6) is 0. The number of rotatable bonds is 0. The maximum absolute atomic E-state index is 15.6. The van der Waals surface area contributed by atoms with Gasteiger partial charge in [-0.2, -0.15) is 0 Å².